The molecule has 3 aromatic carbocycles. The highest BCUT2D eigenvalue weighted by Crippen LogP contribution is 2.39. The molecule has 2 aliphatic heterocycles. The number of non-ortho nitro benzene ring substituents is 1. The highest BCUT2D eigenvalue weighted by molar-refractivity contribution is 6.06. The predicted octanol–water partition coefficient (Wildman–Crippen LogP) is 3.73. The molecule has 3 heterocycles. The smallest absolute Gasteiger partial charge is 0.290 e. The van der Waals surface area contributed by atoms with E-state index < -0.39 is 11.0 Å². The van der Waals surface area contributed by atoms with Crippen LogP contribution in [0.4, 0.5) is 5.69 Å². The van der Waals surface area contributed by atoms with E-state index in [4.69, 9.17) is 9.15 Å². The number of nitrogens with zero attached hydrogens (tertiary/aromatic N) is 3. The van der Waals surface area contributed by atoms with Crippen molar-refractivity contribution in [3.63, 3.8) is 0 Å². The van der Waals surface area contributed by atoms with E-state index in [2.05, 4.69) is 4.90 Å². The number of benzene rings is 3. The number of carbonyl (C=O) groups is 1. The Balaban J connectivity index is 1.52. The molecular formula is C27H23N3O6. The Bertz CT molecular complexity index is 1570. The average molecular weight is 485 g/mol. The Morgan fingerprint density at radius 3 is 2.56 bits per heavy atom. The van der Waals surface area contributed by atoms with Crippen LogP contribution >= 0.6 is 0 Å². The first-order valence-corrected chi connectivity index (χ1v) is 11.9. The lowest BCUT2D eigenvalue weighted by Crippen LogP contribution is -2.42. The van der Waals surface area contributed by atoms with Crippen LogP contribution in [0.5, 0.6) is 0 Å². The van der Waals surface area contributed by atoms with Gasteiger partial charge in [0.05, 0.1) is 35.1 Å². The van der Waals surface area contributed by atoms with E-state index in [-0.39, 0.29) is 28.3 Å². The van der Waals surface area contributed by atoms with E-state index in [0.29, 0.717) is 42.8 Å². The Morgan fingerprint density at radius 1 is 0.944 bits per heavy atom. The Hall–Kier alpha value is -4.08. The van der Waals surface area contributed by atoms with Gasteiger partial charge in [-0.25, -0.2) is 0 Å². The summed E-state index contributed by atoms with van der Waals surface area (Å²) >= 11 is 0. The zero-order valence-corrected chi connectivity index (χ0v) is 19.4. The number of hydrogen-bond acceptors (Lipinski definition) is 7. The molecule has 0 spiro atoms. The topological polar surface area (TPSA) is 106 Å². The van der Waals surface area contributed by atoms with Crippen molar-refractivity contribution in [1.82, 2.24) is 9.80 Å². The summed E-state index contributed by atoms with van der Waals surface area (Å²) in [5.41, 5.74) is 0.711. The van der Waals surface area contributed by atoms with Gasteiger partial charge in [0.25, 0.3) is 11.6 Å². The molecule has 0 radical (unpaired) electrons. The van der Waals surface area contributed by atoms with Gasteiger partial charge in [0.2, 0.25) is 5.76 Å². The number of morpholine rings is 1. The fourth-order valence-corrected chi connectivity index (χ4v) is 5.21. The van der Waals surface area contributed by atoms with Crippen molar-refractivity contribution in [1.29, 1.82) is 0 Å². The zero-order chi connectivity index (χ0) is 24.8. The number of rotatable bonds is 5. The van der Waals surface area contributed by atoms with Crippen LogP contribution in [0.3, 0.4) is 0 Å². The fraction of sp³-hybridized carbons (Fsp3) is 0.259. The van der Waals surface area contributed by atoms with Gasteiger partial charge in [-0.3, -0.25) is 24.6 Å². The summed E-state index contributed by atoms with van der Waals surface area (Å²) in [5.74, 6) is -0.385. The molecule has 6 rings (SSSR count). The molecule has 182 valence electrons. The second kappa shape index (κ2) is 8.85. The molecule has 1 fully saturated rings. The third-order valence-corrected chi connectivity index (χ3v) is 7.02. The van der Waals surface area contributed by atoms with Gasteiger partial charge >= 0.3 is 0 Å². The van der Waals surface area contributed by atoms with Gasteiger partial charge in [0, 0.05) is 43.7 Å². The molecular weight excluding hydrogens is 462 g/mol. The van der Waals surface area contributed by atoms with Gasteiger partial charge in [-0.1, -0.05) is 42.5 Å². The van der Waals surface area contributed by atoms with Crippen molar-refractivity contribution >= 4 is 33.3 Å². The van der Waals surface area contributed by atoms with Gasteiger partial charge in [0.15, 0.2) is 5.43 Å². The standard InChI is InChI=1S/C27H23N3O6/c31-24-21-9-8-17-4-1-2-7-20(17)25(21)36-26-22(24)23(18-5-3-6-19(16-18)30(33)34)29(27(26)32)11-10-28-12-14-35-15-13-28/h1-9,16,23H,10-15H2. The quantitative estimate of drug-likeness (QED) is 0.241. The number of hydrogen-bond donors (Lipinski definition) is 0. The molecule has 1 amide bonds. The summed E-state index contributed by atoms with van der Waals surface area (Å²) in [6.45, 7) is 3.69. The molecule has 1 aromatic heterocycles. The minimum Gasteiger partial charge on any atom is -0.450 e. The molecule has 9 nitrogen and oxygen atoms in total. The Labute approximate surface area is 205 Å². The maximum Gasteiger partial charge on any atom is 0.290 e. The molecule has 0 aliphatic carbocycles. The molecule has 1 saturated heterocycles. The maximum atomic E-state index is 13.9. The van der Waals surface area contributed by atoms with Gasteiger partial charge in [0.1, 0.15) is 5.58 Å². The van der Waals surface area contributed by atoms with Crippen molar-refractivity contribution in [3.05, 3.63) is 97.9 Å². The van der Waals surface area contributed by atoms with E-state index in [9.17, 15) is 19.7 Å². The highest BCUT2D eigenvalue weighted by Gasteiger charge is 2.43. The SMILES string of the molecule is O=C1c2oc3c(ccc4ccccc43)c(=O)c2C(c2cccc([N+](=O)[O-])c2)N1CCN1CCOCC1. The van der Waals surface area contributed by atoms with E-state index in [1.807, 2.05) is 30.3 Å². The van der Waals surface area contributed by atoms with E-state index in [0.717, 1.165) is 23.9 Å². The summed E-state index contributed by atoms with van der Waals surface area (Å²) in [4.78, 5) is 42.4. The van der Waals surface area contributed by atoms with Crippen LogP contribution in [-0.4, -0.2) is 60.0 Å². The second-order valence-corrected chi connectivity index (χ2v) is 9.04. The maximum absolute atomic E-state index is 13.9. The molecule has 1 atom stereocenters. The first-order chi connectivity index (χ1) is 17.5. The van der Waals surface area contributed by atoms with Gasteiger partial charge < -0.3 is 14.1 Å². The highest BCUT2D eigenvalue weighted by atomic mass is 16.6. The monoisotopic (exact) mass is 485 g/mol. The van der Waals surface area contributed by atoms with Crippen molar-refractivity contribution in [2.45, 2.75) is 6.04 Å². The number of carbonyl (C=O) groups excluding carboxylic acids is 1. The van der Waals surface area contributed by atoms with Crippen LogP contribution in [-0.2, 0) is 4.74 Å². The van der Waals surface area contributed by atoms with Crippen LogP contribution in [0, 0.1) is 10.1 Å². The normalized spacial score (nSPS) is 18.2. The largest absolute Gasteiger partial charge is 0.450 e. The zero-order valence-electron chi connectivity index (χ0n) is 19.4. The molecule has 4 aromatic rings. The lowest BCUT2D eigenvalue weighted by atomic mass is 9.97. The number of nitro benzene ring substituents is 1. The lowest BCUT2D eigenvalue weighted by molar-refractivity contribution is -0.384. The predicted molar refractivity (Wildman–Crippen MR) is 133 cm³/mol. The Kier molecular flexibility index (Phi) is 5.50. The molecule has 9 heteroatoms. The molecule has 0 N–H and O–H groups in total. The summed E-state index contributed by atoms with van der Waals surface area (Å²) in [6.07, 6.45) is 0. The van der Waals surface area contributed by atoms with Crippen molar-refractivity contribution in [3.8, 4) is 0 Å². The van der Waals surface area contributed by atoms with Crippen molar-refractivity contribution in [2.24, 2.45) is 0 Å². The summed E-state index contributed by atoms with van der Waals surface area (Å²) < 4.78 is 11.6. The third kappa shape index (κ3) is 3.64. The summed E-state index contributed by atoms with van der Waals surface area (Å²) in [6, 6.07) is 16.5. The fourth-order valence-electron chi connectivity index (χ4n) is 5.21. The molecule has 1 unspecified atom stereocenters. The minimum atomic E-state index is -0.777. The minimum absolute atomic E-state index is 0.00216. The molecule has 0 saturated carbocycles. The number of fused-ring (bicyclic) bond motifs is 4. The van der Waals surface area contributed by atoms with Crippen molar-refractivity contribution < 1.29 is 18.9 Å². The van der Waals surface area contributed by atoms with Crippen LogP contribution < -0.4 is 5.43 Å². The van der Waals surface area contributed by atoms with E-state index >= 15 is 0 Å². The third-order valence-electron chi connectivity index (χ3n) is 7.02. The van der Waals surface area contributed by atoms with Crippen LogP contribution in [0.1, 0.15) is 27.7 Å². The second-order valence-electron chi connectivity index (χ2n) is 9.04. The molecule has 36 heavy (non-hydrogen) atoms. The summed E-state index contributed by atoms with van der Waals surface area (Å²) in [5, 5.41) is 13.5. The summed E-state index contributed by atoms with van der Waals surface area (Å²) in [7, 11) is 0. The van der Waals surface area contributed by atoms with Crippen LogP contribution in [0.2, 0.25) is 0 Å². The van der Waals surface area contributed by atoms with Crippen LogP contribution in [0.15, 0.2) is 69.9 Å². The number of ether oxygens (including phenoxy) is 1. The lowest BCUT2D eigenvalue weighted by Gasteiger charge is -2.31. The first-order valence-electron chi connectivity index (χ1n) is 11.9. The average Bonchev–Trinajstić information content (AvgIpc) is 3.19. The molecule has 0 bridgehead atoms. The van der Waals surface area contributed by atoms with Gasteiger partial charge in [-0.2, -0.15) is 0 Å². The Morgan fingerprint density at radius 2 is 1.75 bits per heavy atom. The number of nitro groups is 1. The van der Waals surface area contributed by atoms with Gasteiger partial charge in [-0.05, 0) is 17.0 Å². The van der Waals surface area contributed by atoms with Crippen LogP contribution in [0.25, 0.3) is 21.7 Å². The molecule has 2 aliphatic rings. The number of amides is 1. The van der Waals surface area contributed by atoms with E-state index in [1.54, 1.807) is 23.1 Å². The first kappa shape index (κ1) is 22.4. The van der Waals surface area contributed by atoms with E-state index in [1.165, 1.54) is 12.1 Å². The van der Waals surface area contributed by atoms with Gasteiger partial charge in [-0.15, -0.1) is 0 Å². The van der Waals surface area contributed by atoms with Crippen molar-refractivity contribution in [2.75, 3.05) is 39.4 Å².